The first-order valence-corrected chi connectivity index (χ1v) is 11.3. The quantitative estimate of drug-likeness (QED) is 0.665. The van der Waals surface area contributed by atoms with Gasteiger partial charge in [0.05, 0.1) is 23.6 Å². The molecule has 5 nitrogen and oxygen atoms in total. The van der Waals surface area contributed by atoms with E-state index in [1.807, 2.05) is 41.3 Å². The van der Waals surface area contributed by atoms with Gasteiger partial charge in [-0.3, -0.25) is 4.79 Å². The minimum absolute atomic E-state index is 0.0103. The molecular formula is C25H28FN3O2. The topological polar surface area (TPSA) is 58.4 Å². The fourth-order valence-electron chi connectivity index (χ4n) is 5.00. The lowest BCUT2D eigenvalue weighted by Crippen LogP contribution is -2.42. The van der Waals surface area contributed by atoms with Crippen molar-refractivity contribution in [3.63, 3.8) is 0 Å². The largest absolute Gasteiger partial charge is 0.395 e. The van der Waals surface area contributed by atoms with Crippen molar-refractivity contribution in [2.24, 2.45) is 0 Å². The number of piperidine rings is 1. The minimum Gasteiger partial charge on any atom is -0.395 e. The van der Waals surface area contributed by atoms with Crippen molar-refractivity contribution in [3.05, 3.63) is 65.7 Å². The Labute approximate surface area is 181 Å². The molecule has 2 aromatic carbocycles. The van der Waals surface area contributed by atoms with Crippen LogP contribution in [0.2, 0.25) is 0 Å². The number of fused-ring (bicyclic) bond motifs is 1. The number of likely N-dealkylation sites (tertiary alicyclic amines) is 1. The number of aromatic nitrogens is 2. The number of aliphatic hydroxyl groups excluding tert-OH is 1. The standard InChI is InChI=1S/C25H28FN3O2/c26-19-9-10-23-22(15-19)27-24(18-7-4-8-18)29(23)20-11-13-28(14-12-20)25(31)21(16-30)17-5-2-1-3-6-17/h1-3,5-6,9-10,15,18,20-21,30H,4,7-8,11-14,16H2/t21-/m1/s1. The maximum absolute atomic E-state index is 13.8. The lowest BCUT2D eigenvalue weighted by molar-refractivity contribution is -0.135. The molecule has 5 rings (SSSR count). The van der Waals surface area contributed by atoms with E-state index in [-0.39, 0.29) is 24.4 Å². The number of hydrogen-bond acceptors (Lipinski definition) is 3. The van der Waals surface area contributed by atoms with E-state index in [2.05, 4.69) is 4.57 Å². The van der Waals surface area contributed by atoms with Crippen molar-refractivity contribution in [2.75, 3.05) is 19.7 Å². The molecule has 1 amide bonds. The fraction of sp³-hybridized carbons (Fsp3) is 0.440. The summed E-state index contributed by atoms with van der Waals surface area (Å²) in [4.78, 5) is 19.8. The number of benzene rings is 2. The summed E-state index contributed by atoms with van der Waals surface area (Å²) in [7, 11) is 0. The number of carbonyl (C=O) groups is 1. The Hall–Kier alpha value is -2.73. The van der Waals surface area contributed by atoms with Crippen LogP contribution in [-0.4, -0.2) is 45.2 Å². The lowest BCUT2D eigenvalue weighted by Gasteiger charge is -2.36. The van der Waals surface area contributed by atoms with Crippen LogP contribution in [0.3, 0.4) is 0 Å². The molecule has 1 N–H and O–H groups in total. The van der Waals surface area contributed by atoms with Crippen LogP contribution < -0.4 is 0 Å². The fourth-order valence-corrected chi connectivity index (χ4v) is 5.00. The van der Waals surface area contributed by atoms with Crippen LogP contribution in [0.4, 0.5) is 4.39 Å². The van der Waals surface area contributed by atoms with Gasteiger partial charge in [-0.2, -0.15) is 0 Å². The molecule has 0 spiro atoms. The van der Waals surface area contributed by atoms with E-state index in [1.165, 1.54) is 18.6 Å². The van der Waals surface area contributed by atoms with Crippen molar-refractivity contribution in [2.45, 2.75) is 50.0 Å². The number of nitrogens with zero attached hydrogens (tertiary/aromatic N) is 3. The third-order valence-corrected chi connectivity index (χ3v) is 6.97. The van der Waals surface area contributed by atoms with E-state index in [9.17, 15) is 14.3 Å². The van der Waals surface area contributed by atoms with Gasteiger partial charge in [0.25, 0.3) is 0 Å². The number of hydrogen-bond donors (Lipinski definition) is 1. The average molecular weight is 422 g/mol. The van der Waals surface area contributed by atoms with E-state index in [4.69, 9.17) is 4.98 Å². The van der Waals surface area contributed by atoms with Crippen LogP contribution in [0, 0.1) is 5.82 Å². The van der Waals surface area contributed by atoms with Gasteiger partial charge in [0, 0.05) is 31.1 Å². The summed E-state index contributed by atoms with van der Waals surface area (Å²) in [6.45, 7) is 1.11. The molecule has 3 aromatic rings. The monoisotopic (exact) mass is 421 g/mol. The normalized spacial score (nSPS) is 18.8. The van der Waals surface area contributed by atoms with Crippen molar-refractivity contribution >= 4 is 16.9 Å². The number of rotatable bonds is 5. The van der Waals surface area contributed by atoms with Gasteiger partial charge in [-0.15, -0.1) is 0 Å². The highest BCUT2D eigenvalue weighted by Gasteiger charge is 2.33. The van der Waals surface area contributed by atoms with E-state index >= 15 is 0 Å². The Balaban J connectivity index is 1.36. The highest BCUT2D eigenvalue weighted by Crippen LogP contribution is 2.40. The molecule has 31 heavy (non-hydrogen) atoms. The first-order valence-electron chi connectivity index (χ1n) is 11.3. The molecule has 1 aromatic heterocycles. The van der Waals surface area contributed by atoms with Crippen LogP contribution in [-0.2, 0) is 4.79 Å². The van der Waals surface area contributed by atoms with Crippen LogP contribution >= 0.6 is 0 Å². The summed E-state index contributed by atoms with van der Waals surface area (Å²) in [5, 5.41) is 9.86. The Morgan fingerprint density at radius 2 is 1.84 bits per heavy atom. The van der Waals surface area contributed by atoms with Gasteiger partial charge >= 0.3 is 0 Å². The number of halogens is 1. The molecule has 1 saturated heterocycles. The van der Waals surface area contributed by atoms with Gasteiger partial charge in [-0.1, -0.05) is 36.8 Å². The van der Waals surface area contributed by atoms with E-state index in [1.54, 1.807) is 0 Å². The molecule has 1 atom stereocenters. The van der Waals surface area contributed by atoms with Crippen LogP contribution in [0.5, 0.6) is 0 Å². The van der Waals surface area contributed by atoms with Crippen molar-refractivity contribution in [3.8, 4) is 0 Å². The molecule has 0 radical (unpaired) electrons. The smallest absolute Gasteiger partial charge is 0.232 e. The van der Waals surface area contributed by atoms with Crippen molar-refractivity contribution in [1.82, 2.24) is 14.5 Å². The second-order valence-corrected chi connectivity index (χ2v) is 8.80. The third kappa shape index (κ3) is 3.74. The molecule has 1 aliphatic carbocycles. The second kappa shape index (κ2) is 8.42. The molecule has 2 fully saturated rings. The molecule has 6 heteroatoms. The first-order chi connectivity index (χ1) is 15.2. The molecule has 1 saturated carbocycles. The van der Waals surface area contributed by atoms with Crippen LogP contribution in [0.1, 0.15) is 61.4 Å². The summed E-state index contributed by atoms with van der Waals surface area (Å²) in [6, 6.07) is 14.6. The molecule has 1 aliphatic heterocycles. The number of carbonyl (C=O) groups excluding carboxylic acids is 1. The molecular weight excluding hydrogens is 393 g/mol. The number of aliphatic hydroxyl groups is 1. The van der Waals surface area contributed by atoms with E-state index in [0.717, 1.165) is 48.1 Å². The molecule has 0 bridgehead atoms. The SMILES string of the molecule is O=C([C@H](CO)c1ccccc1)N1CCC(n2c(C3CCC3)nc3cc(F)ccc32)CC1. The van der Waals surface area contributed by atoms with E-state index in [0.29, 0.717) is 19.0 Å². The zero-order valence-corrected chi connectivity index (χ0v) is 17.6. The lowest BCUT2D eigenvalue weighted by atomic mass is 9.84. The zero-order valence-electron chi connectivity index (χ0n) is 17.6. The van der Waals surface area contributed by atoms with Gasteiger partial charge in [-0.25, -0.2) is 9.37 Å². The Kier molecular flexibility index (Phi) is 5.48. The number of amides is 1. The van der Waals surface area contributed by atoms with Gasteiger partial charge in [-0.05, 0) is 43.4 Å². The Morgan fingerprint density at radius 3 is 2.48 bits per heavy atom. The van der Waals surface area contributed by atoms with Gasteiger partial charge < -0.3 is 14.6 Å². The Morgan fingerprint density at radius 1 is 1.10 bits per heavy atom. The summed E-state index contributed by atoms with van der Waals surface area (Å²) in [5.41, 5.74) is 2.57. The highest BCUT2D eigenvalue weighted by atomic mass is 19.1. The maximum Gasteiger partial charge on any atom is 0.232 e. The first kappa shape index (κ1) is 20.2. The molecule has 2 heterocycles. The van der Waals surface area contributed by atoms with Gasteiger partial charge in [0.2, 0.25) is 5.91 Å². The molecule has 0 unspecified atom stereocenters. The molecule has 162 valence electrons. The summed E-state index contributed by atoms with van der Waals surface area (Å²) >= 11 is 0. The predicted octanol–water partition coefficient (Wildman–Crippen LogP) is 4.38. The van der Waals surface area contributed by atoms with Crippen LogP contribution in [0.25, 0.3) is 11.0 Å². The minimum atomic E-state index is -0.514. The maximum atomic E-state index is 13.8. The van der Waals surface area contributed by atoms with E-state index < -0.39 is 5.92 Å². The summed E-state index contributed by atoms with van der Waals surface area (Å²) < 4.78 is 16.1. The third-order valence-electron chi connectivity index (χ3n) is 6.97. The highest BCUT2D eigenvalue weighted by molar-refractivity contribution is 5.84. The van der Waals surface area contributed by atoms with Crippen molar-refractivity contribution < 1.29 is 14.3 Å². The average Bonchev–Trinajstić information content (AvgIpc) is 3.11. The summed E-state index contributed by atoms with van der Waals surface area (Å²) in [5.74, 6) is 0.749. The Bertz CT molecular complexity index is 1070. The van der Waals surface area contributed by atoms with Gasteiger partial charge in [0.15, 0.2) is 0 Å². The van der Waals surface area contributed by atoms with Gasteiger partial charge in [0.1, 0.15) is 11.6 Å². The van der Waals surface area contributed by atoms with Crippen LogP contribution in [0.15, 0.2) is 48.5 Å². The van der Waals surface area contributed by atoms with Crippen molar-refractivity contribution in [1.29, 1.82) is 0 Å². The summed E-state index contributed by atoms with van der Waals surface area (Å²) in [6.07, 6.45) is 5.16. The molecule has 2 aliphatic rings. The zero-order chi connectivity index (χ0) is 21.4. The number of imidazole rings is 1. The second-order valence-electron chi connectivity index (χ2n) is 8.80. The predicted molar refractivity (Wildman–Crippen MR) is 117 cm³/mol.